The van der Waals surface area contributed by atoms with Crippen molar-refractivity contribution in [2.45, 2.75) is 26.2 Å². The minimum atomic E-state index is -0.190. The first kappa shape index (κ1) is 11.7. The van der Waals surface area contributed by atoms with Crippen molar-refractivity contribution in [1.82, 2.24) is 9.66 Å². The SMILES string of the molecule is Cc1cc2c(cc1F)[nH]c(=S)n2N1CCCCC1. The Bertz CT molecular complexity index is 637. The van der Waals surface area contributed by atoms with E-state index in [4.69, 9.17) is 12.2 Å². The van der Waals surface area contributed by atoms with Crippen LogP contribution in [-0.2, 0) is 0 Å². The molecule has 0 amide bonds. The molecule has 3 rings (SSSR count). The van der Waals surface area contributed by atoms with Crippen LogP contribution in [0.5, 0.6) is 0 Å². The highest BCUT2D eigenvalue weighted by atomic mass is 32.1. The molecule has 1 aliphatic rings. The zero-order valence-corrected chi connectivity index (χ0v) is 11.2. The smallest absolute Gasteiger partial charge is 0.197 e. The molecule has 0 radical (unpaired) electrons. The van der Waals surface area contributed by atoms with Crippen LogP contribution in [0.4, 0.5) is 4.39 Å². The number of aromatic nitrogens is 2. The maximum absolute atomic E-state index is 13.6. The largest absolute Gasteiger partial charge is 0.329 e. The quantitative estimate of drug-likeness (QED) is 0.800. The van der Waals surface area contributed by atoms with Gasteiger partial charge in [0.2, 0.25) is 0 Å². The molecule has 96 valence electrons. The number of benzene rings is 1. The Hall–Kier alpha value is -1.36. The number of aromatic amines is 1. The van der Waals surface area contributed by atoms with Crippen LogP contribution in [0.15, 0.2) is 12.1 Å². The van der Waals surface area contributed by atoms with Gasteiger partial charge in [-0.15, -0.1) is 0 Å². The highest BCUT2D eigenvalue weighted by molar-refractivity contribution is 7.71. The standard InChI is InChI=1S/C13H16FN3S/c1-9-7-12-11(8-10(9)14)15-13(18)17(12)16-5-3-2-4-6-16/h7-8H,2-6H2,1H3,(H,15,18). The van der Waals surface area contributed by atoms with Crippen molar-refractivity contribution in [3.05, 3.63) is 28.3 Å². The number of nitrogens with zero attached hydrogens (tertiary/aromatic N) is 2. The first-order valence-corrected chi connectivity index (χ1v) is 6.74. The summed E-state index contributed by atoms with van der Waals surface area (Å²) in [5, 5.41) is 2.25. The number of rotatable bonds is 1. The molecule has 5 heteroatoms. The summed E-state index contributed by atoms with van der Waals surface area (Å²) in [7, 11) is 0. The molecule has 1 aliphatic heterocycles. The molecule has 2 heterocycles. The topological polar surface area (TPSA) is 24.0 Å². The third-order valence-corrected chi connectivity index (χ3v) is 3.83. The second-order valence-electron chi connectivity index (χ2n) is 4.87. The minimum absolute atomic E-state index is 0.190. The van der Waals surface area contributed by atoms with E-state index in [1.165, 1.54) is 25.3 Å². The van der Waals surface area contributed by atoms with Crippen molar-refractivity contribution < 1.29 is 4.39 Å². The number of nitrogens with one attached hydrogen (secondary N) is 1. The van der Waals surface area contributed by atoms with Crippen LogP contribution < -0.4 is 5.01 Å². The molecule has 0 unspecified atom stereocenters. The van der Waals surface area contributed by atoms with E-state index in [1.54, 1.807) is 6.92 Å². The molecule has 1 aromatic carbocycles. The summed E-state index contributed by atoms with van der Waals surface area (Å²) in [4.78, 5) is 3.09. The van der Waals surface area contributed by atoms with Crippen LogP contribution >= 0.6 is 12.2 Å². The number of hydrogen-bond donors (Lipinski definition) is 1. The predicted octanol–water partition coefficient (Wildman–Crippen LogP) is 3.27. The van der Waals surface area contributed by atoms with E-state index in [1.807, 2.05) is 10.7 Å². The van der Waals surface area contributed by atoms with E-state index in [2.05, 4.69) is 9.99 Å². The van der Waals surface area contributed by atoms with Gasteiger partial charge in [0.15, 0.2) is 4.77 Å². The van der Waals surface area contributed by atoms with Gasteiger partial charge >= 0.3 is 0 Å². The number of imidazole rings is 1. The van der Waals surface area contributed by atoms with E-state index >= 15 is 0 Å². The maximum atomic E-state index is 13.6. The Morgan fingerprint density at radius 3 is 2.67 bits per heavy atom. The number of H-pyrrole nitrogens is 1. The van der Waals surface area contributed by atoms with Crippen molar-refractivity contribution in [3.63, 3.8) is 0 Å². The number of aryl methyl sites for hydroxylation is 1. The Morgan fingerprint density at radius 1 is 1.22 bits per heavy atom. The zero-order chi connectivity index (χ0) is 12.7. The van der Waals surface area contributed by atoms with Gasteiger partial charge in [-0.3, -0.25) is 0 Å². The average Bonchev–Trinajstić information content (AvgIpc) is 2.66. The van der Waals surface area contributed by atoms with Crippen molar-refractivity contribution in [2.24, 2.45) is 0 Å². The highest BCUT2D eigenvalue weighted by Gasteiger charge is 2.15. The summed E-state index contributed by atoms with van der Waals surface area (Å²) in [5.41, 5.74) is 2.40. The van der Waals surface area contributed by atoms with E-state index in [9.17, 15) is 4.39 Å². The predicted molar refractivity (Wildman–Crippen MR) is 73.6 cm³/mol. The Kier molecular flexibility index (Phi) is 2.86. The number of halogens is 1. The molecular weight excluding hydrogens is 249 g/mol. The van der Waals surface area contributed by atoms with Crippen LogP contribution in [0.2, 0.25) is 0 Å². The number of fused-ring (bicyclic) bond motifs is 1. The summed E-state index contributed by atoms with van der Waals surface area (Å²) in [6.45, 7) is 3.81. The van der Waals surface area contributed by atoms with Crippen molar-refractivity contribution >= 4 is 23.3 Å². The van der Waals surface area contributed by atoms with Gasteiger partial charge in [0, 0.05) is 13.1 Å². The summed E-state index contributed by atoms with van der Waals surface area (Å²) in [5.74, 6) is -0.190. The van der Waals surface area contributed by atoms with E-state index in [0.717, 1.165) is 24.1 Å². The van der Waals surface area contributed by atoms with Crippen molar-refractivity contribution in [3.8, 4) is 0 Å². The van der Waals surface area contributed by atoms with E-state index < -0.39 is 0 Å². The first-order valence-electron chi connectivity index (χ1n) is 6.33. The molecule has 0 atom stereocenters. The first-order chi connectivity index (χ1) is 8.66. The van der Waals surface area contributed by atoms with Gasteiger partial charge in [0.1, 0.15) is 5.82 Å². The lowest BCUT2D eigenvalue weighted by atomic mass is 10.2. The van der Waals surface area contributed by atoms with Crippen LogP contribution in [0.3, 0.4) is 0 Å². The number of piperidine rings is 1. The maximum Gasteiger partial charge on any atom is 0.197 e. The minimum Gasteiger partial charge on any atom is -0.329 e. The summed E-state index contributed by atoms with van der Waals surface area (Å²) >= 11 is 5.36. The molecule has 0 aliphatic carbocycles. The van der Waals surface area contributed by atoms with E-state index in [-0.39, 0.29) is 5.82 Å². The van der Waals surface area contributed by atoms with Gasteiger partial charge in [-0.1, -0.05) is 0 Å². The van der Waals surface area contributed by atoms with Gasteiger partial charge in [-0.2, -0.15) is 0 Å². The van der Waals surface area contributed by atoms with E-state index in [0.29, 0.717) is 10.3 Å². The van der Waals surface area contributed by atoms with Gasteiger partial charge in [-0.05, 0) is 56.1 Å². The molecule has 1 saturated heterocycles. The molecular formula is C13H16FN3S. The second-order valence-corrected chi connectivity index (χ2v) is 5.26. The zero-order valence-electron chi connectivity index (χ0n) is 10.4. The summed E-state index contributed by atoms with van der Waals surface area (Å²) in [6, 6.07) is 3.40. The molecule has 1 aromatic heterocycles. The fourth-order valence-electron chi connectivity index (χ4n) is 2.58. The highest BCUT2D eigenvalue weighted by Crippen LogP contribution is 2.20. The van der Waals surface area contributed by atoms with Crippen LogP contribution in [0.1, 0.15) is 24.8 Å². The Morgan fingerprint density at radius 2 is 1.94 bits per heavy atom. The average molecular weight is 265 g/mol. The molecule has 1 N–H and O–H groups in total. The number of hydrogen-bond acceptors (Lipinski definition) is 2. The molecule has 1 fully saturated rings. The molecule has 0 saturated carbocycles. The molecule has 18 heavy (non-hydrogen) atoms. The Balaban J connectivity index is 2.18. The second kappa shape index (κ2) is 4.39. The molecule has 3 nitrogen and oxygen atoms in total. The summed E-state index contributed by atoms with van der Waals surface area (Å²) in [6.07, 6.45) is 3.66. The van der Waals surface area contributed by atoms with Gasteiger partial charge < -0.3 is 9.99 Å². The Labute approximate surface area is 110 Å². The van der Waals surface area contributed by atoms with Gasteiger partial charge in [-0.25, -0.2) is 9.07 Å². The van der Waals surface area contributed by atoms with Gasteiger partial charge in [0.25, 0.3) is 0 Å². The third kappa shape index (κ3) is 1.82. The normalized spacial score (nSPS) is 16.4. The van der Waals surface area contributed by atoms with Crippen LogP contribution in [0, 0.1) is 17.5 Å². The van der Waals surface area contributed by atoms with Crippen molar-refractivity contribution in [1.29, 1.82) is 0 Å². The third-order valence-electron chi connectivity index (χ3n) is 3.55. The molecule has 0 bridgehead atoms. The molecule has 2 aromatic rings. The van der Waals surface area contributed by atoms with Crippen LogP contribution in [0.25, 0.3) is 11.0 Å². The fraction of sp³-hybridized carbons (Fsp3) is 0.462. The fourth-order valence-corrected chi connectivity index (χ4v) is 2.90. The lowest BCUT2D eigenvalue weighted by molar-refractivity contribution is 0.482. The van der Waals surface area contributed by atoms with Gasteiger partial charge in [0.05, 0.1) is 11.0 Å². The van der Waals surface area contributed by atoms with Crippen molar-refractivity contribution in [2.75, 3.05) is 18.1 Å². The van der Waals surface area contributed by atoms with Crippen LogP contribution in [-0.4, -0.2) is 22.7 Å². The lowest BCUT2D eigenvalue weighted by Crippen LogP contribution is -2.39. The summed E-state index contributed by atoms with van der Waals surface area (Å²) < 4.78 is 16.2. The monoisotopic (exact) mass is 265 g/mol. The molecule has 0 spiro atoms. The lowest BCUT2D eigenvalue weighted by Gasteiger charge is -2.29.